The first-order valence-corrected chi connectivity index (χ1v) is 6.93. The molecule has 2 atom stereocenters. The molecule has 0 heterocycles. The van der Waals surface area contributed by atoms with Crippen molar-refractivity contribution in [1.82, 2.24) is 5.32 Å². The van der Waals surface area contributed by atoms with Crippen molar-refractivity contribution in [2.45, 2.75) is 52.6 Å². The molecule has 2 rings (SSSR count). The Labute approximate surface area is 110 Å². The molecular weight excluding hydrogens is 225 g/mol. The van der Waals surface area contributed by atoms with Gasteiger partial charge in [0.25, 0.3) is 0 Å². The Morgan fingerprint density at radius 3 is 2.67 bits per heavy atom. The predicted octanol–water partition coefficient (Wildman–Crippen LogP) is 4.13. The van der Waals surface area contributed by atoms with Crippen molar-refractivity contribution in [3.8, 4) is 0 Å². The highest BCUT2D eigenvalue weighted by atomic mass is 19.1. The molecule has 100 valence electrons. The van der Waals surface area contributed by atoms with Gasteiger partial charge in [-0.3, -0.25) is 0 Å². The standard InChI is InChI=1S/C16H24FN/c1-12-8-14(10-16(2,3)9-12)18-11-13-6-4-5-7-15(13)17/h4-7,12,14,18H,8-11H2,1-3H3. The molecule has 2 heteroatoms. The molecule has 1 N–H and O–H groups in total. The lowest BCUT2D eigenvalue weighted by Gasteiger charge is -2.39. The molecule has 2 unspecified atom stereocenters. The molecule has 0 spiro atoms. The normalized spacial score (nSPS) is 27.1. The lowest BCUT2D eigenvalue weighted by molar-refractivity contribution is 0.150. The summed E-state index contributed by atoms with van der Waals surface area (Å²) in [6.07, 6.45) is 3.69. The highest BCUT2D eigenvalue weighted by Gasteiger charge is 2.31. The average Bonchev–Trinajstić information content (AvgIpc) is 2.25. The van der Waals surface area contributed by atoms with Crippen LogP contribution in [0.5, 0.6) is 0 Å². The van der Waals surface area contributed by atoms with E-state index >= 15 is 0 Å². The third-order valence-electron chi connectivity index (χ3n) is 3.93. The van der Waals surface area contributed by atoms with Crippen molar-refractivity contribution in [3.05, 3.63) is 35.6 Å². The van der Waals surface area contributed by atoms with Crippen LogP contribution >= 0.6 is 0 Å². The van der Waals surface area contributed by atoms with Gasteiger partial charge in [-0.2, -0.15) is 0 Å². The van der Waals surface area contributed by atoms with Crippen molar-refractivity contribution >= 4 is 0 Å². The first kappa shape index (κ1) is 13.5. The Kier molecular flexibility index (Phi) is 4.06. The number of hydrogen-bond donors (Lipinski definition) is 1. The largest absolute Gasteiger partial charge is 0.310 e. The van der Waals surface area contributed by atoms with Gasteiger partial charge in [0.2, 0.25) is 0 Å². The second-order valence-electron chi connectivity index (χ2n) is 6.58. The topological polar surface area (TPSA) is 12.0 Å². The van der Waals surface area contributed by atoms with Gasteiger partial charge in [0.05, 0.1) is 0 Å². The van der Waals surface area contributed by atoms with E-state index in [1.165, 1.54) is 25.3 Å². The highest BCUT2D eigenvalue weighted by Crippen LogP contribution is 2.38. The monoisotopic (exact) mass is 249 g/mol. The van der Waals surface area contributed by atoms with Gasteiger partial charge in [-0.15, -0.1) is 0 Å². The maximum atomic E-state index is 13.5. The van der Waals surface area contributed by atoms with Crippen molar-refractivity contribution in [1.29, 1.82) is 0 Å². The molecule has 0 aliphatic heterocycles. The van der Waals surface area contributed by atoms with Crippen LogP contribution in [0.4, 0.5) is 4.39 Å². The maximum absolute atomic E-state index is 13.5. The average molecular weight is 249 g/mol. The van der Waals surface area contributed by atoms with E-state index in [1.807, 2.05) is 12.1 Å². The molecule has 0 bridgehead atoms. The number of rotatable bonds is 3. The summed E-state index contributed by atoms with van der Waals surface area (Å²) in [6, 6.07) is 7.55. The fourth-order valence-corrected chi connectivity index (χ4v) is 3.40. The molecule has 1 aliphatic rings. The number of hydrogen-bond acceptors (Lipinski definition) is 1. The Bertz CT molecular complexity index is 400. The quantitative estimate of drug-likeness (QED) is 0.849. The first-order valence-electron chi connectivity index (χ1n) is 6.93. The van der Waals surface area contributed by atoms with E-state index in [4.69, 9.17) is 0 Å². The molecule has 1 aromatic carbocycles. The minimum Gasteiger partial charge on any atom is -0.310 e. The van der Waals surface area contributed by atoms with E-state index in [0.29, 0.717) is 18.0 Å². The molecule has 1 saturated carbocycles. The molecule has 0 saturated heterocycles. The second kappa shape index (κ2) is 5.40. The minimum atomic E-state index is -0.104. The van der Waals surface area contributed by atoms with Gasteiger partial charge in [0.15, 0.2) is 0 Å². The molecule has 1 nitrogen and oxygen atoms in total. The van der Waals surface area contributed by atoms with Crippen molar-refractivity contribution < 1.29 is 4.39 Å². The molecule has 0 aromatic heterocycles. The summed E-state index contributed by atoms with van der Waals surface area (Å²) in [5, 5.41) is 3.52. The Hall–Kier alpha value is -0.890. The predicted molar refractivity (Wildman–Crippen MR) is 73.8 cm³/mol. The summed E-state index contributed by atoms with van der Waals surface area (Å²) in [7, 11) is 0. The van der Waals surface area contributed by atoms with Crippen LogP contribution in [0.2, 0.25) is 0 Å². The number of nitrogens with one attached hydrogen (secondary N) is 1. The van der Waals surface area contributed by atoms with E-state index in [-0.39, 0.29) is 5.82 Å². The van der Waals surface area contributed by atoms with Gasteiger partial charge in [-0.05, 0) is 36.7 Å². The van der Waals surface area contributed by atoms with Gasteiger partial charge in [0, 0.05) is 18.2 Å². The van der Waals surface area contributed by atoms with Gasteiger partial charge in [0.1, 0.15) is 5.82 Å². The van der Waals surface area contributed by atoms with Gasteiger partial charge < -0.3 is 5.32 Å². The minimum absolute atomic E-state index is 0.104. The molecular formula is C16H24FN. The smallest absolute Gasteiger partial charge is 0.127 e. The molecule has 0 amide bonds. The van der Waals surface area contributed by atoms with Crippen LogP contribution < -0.4 is 5.32 Å². The van der Waals surface area contributed by atoms with Crippen LogP contribution in [0.1, 0.15) is 45.6 Å². The molecule has 1 aliphatic carbocycles. The maximum Gasteiger partial charge on any atom is 0.127 e. The third-order valence-corrected chi connectivity index (χ3v) is 3.93. The summed E-state index contributed by atoms with van der Waals surface area (Å²) in [5.41, 5.74) is 1.18. The van der Waals surface area contributed by atoms with Crippen LogP contribution in [0.15, 0.2) is 24.3 Å². The number of halogens is 1. The van der Waals surface area contributed by atoms with Crippen LogP contribution in [0.25, 0.3) is 0 Å². The van der Waals surface area contributed by atoms with Crippen LogP contribution in [0.3, 0.4) is 0 Å². The van der Waals surface area contributed by atoms with Crippen LogP contribution in [-0.4, -0.2) is 6.04 Å². The first-order chi connectivity index (χ1) is 8.46. The SMILES string of the molecule is CC1CC(NCc2ccccc2F)CC(C)(C)C1. The van der Waals surface area contributed by atoms with E-state index in [0.717, 1.165) is 11.5 Å². The zero-order chi connectivity index (χ0) is 13.2. The van der Waals surface area contributed by atoms with E-state index in [2.05, 4.69) is 26.1 Å². The zero-order valence-corrected chi connectivity index (χ0v) is 11.7. The van der Waals surface area contributed by atoms with Gasteiger partial charge >= 0.3 is 0 Å². The van der Waals surface area contributed by atoms with Crippen LogP contribution in [0, 0.1) is 17.2 Å². The van der Waals surface area contributed by atoms with Crippen molar-refractivity contribution in [2.24, 2.45) is 11.3 Å². The summed E-state index contributed by atoms with van der Waals surface area (Å²) in [5.74, 6) is 0.653. The molecule has 0 radical (unpaired) electrons. The lowest BCUT2D eigenvalue weighted by atomic mass is 9.70. The Balaban J connectivity index is 1.92. The summed E-state index contributed by atoms with van der Waals surface area (Å²) in [4.78, 5) is 0. The third kappa shape index (κ3) is 3.55. The van der Waals surface area contributed by atoms with E-state index < -0.39 is 0 Å². The van der Waals surface area contributed by atoms with Gasteiger partial charge in [-0.25, -0.2) is 4.39 Å². The Morgan fingerprint density at radius 2 is 2.00 bits per heavy atom. The molecule has 1 fully saturated rings. The fraction of sp³-hybridized carbons (Fsp3) is 0.625. The number of benzene rings is 1. The summed E-state index contributed by atoms with van der Waals surface area (Å²) < 4.78 is 13.5. The van der Waals surface area contributed by atoms with Crippen LogP contribution in [-0.2, 0) is 6.54 Å². The molecule has 18 heavy (non-hydrogen) atoms. The second-order valence-corrected chi connectivity index (χ2v) is 6.58. The van der Waals surface area contributed by atoms with Crippen molar-refractivity contribution in [2.75, 3.05) is 0 Å². The van der Waals surface area contributed by atoms with E-state index in [9.17, 15) is 4.39 Å². The zero-order valence-electron chi connectivity index (χ0n) is 11.7. The summed E-state index contributed by atoms with van der Waals surface area (Å²) >= 11 is 0. The van der Waals surface area contributed by atoms with Crippen molar-refractivity contribution in [3.63, 3.8) is 0 Å². The molecule has 1 aromatic rings. The van der Waals surface area contributed by atoms with Gasteiger partial charge in [-0.1, -0.05) is 39.0 Å². The lowest BCUT2D eigenvalue weighted by Crippen LogP contribution is -2.39. The fourth-order valence-electron chi connectivity index (χ4n) is 3.40. The van der Waals surface area contributed by atoms with E-state index in [1.54, 1.807) is 6.07 Å². The highest BCUT2D eigenvalue weighted by molar-refractivity contribution is 5.17. The Morgan fingerprint density at radius 1 is 1.28 bits per heavy atom. The summed E-state index contributed by atoms with van der Waals surface area (Å²) in [6.45, 7) is 7.62.